The van der Waals surface area contributed by atoms with Crippen molar-refractivity contribution < 1.29 is 9.53 Å². The second-order valence-corrected chi connectivity index (χ2v) is 5.82. The van der Waals surface area contributed by atoms with Crippen molar-refractivity contribution >= 4 is 17.3 Å². The van der Waals surface area contributed by atoms with Crippen LogP contribution in [0.5, 0.6) is 5.75 Å². The first-order valence-electron chi connectivity index (χ1n) is 8.02. The highest BCUT2D eigenvalue weighted by Gasteiger charge is 2.13. The van der Waals surface area contributed by atoms with E-state index in [4.69, 9.17) is 4.74 Å². The highest BCUT2D eigenvalue weighted by molar-refractivity contribution is 5.92. The van der Waals surface area contributed by atoms with Gasteiger partial charge in [0.25, 0.3) is 0 Å². The molecular weight excluding hydrogens is 288 g/mol. The summed E-state index contributed by atoms with van der Waals surface area (Å²) in [6, 6.07) is 15.7. The summed E-state index contributed by atoms with van der Waals surface area (Å²) in [5.41, 5.74) is 3.01. The molecule has 0 atom stereocenters. The molecule has 1 aliphatic rings. The van der Waals surface area contributed by atoms with Gasteiger partial charge in [-0.2, -0.15) is 0 Å². The lowest BCUT2D eigenvalue weighted by atomic mass is 10.1. The van der Waals surface area contributed by atoms with Crippen LogP contribution in [-0.4, -0.2) is 26.1 Å². The van der Waals surface area contributed by atoms with Gasteiger partial charge in [0.05, 0.1) is 13.5 Å². The molecule has 2 aromatic carbocycles. The molecule has 0 radical (unpaired) electrons. The fourth-order valence-corrected chi connectivity index (χ4v) is 2.89. The van der Waals surface area contributed by atoms with Gasteiger partial charge in [0.1, 0.15) is 5.75 Å². The Morgan fingerprint density at radius 1 is 1.13 bits per heavy atom. The predicted octanol–water partition coefficient (Wildman–Crippen LogP) is 3.48. The third kappa shape index (κ3) is 4.03. The van der Waals surface area contributed by atoms with E-state index in [9.17, 15) is 4.79 Å². The summed E-state index contributed by atoms with van der Waals surface area (Å²) in [6.45, 7) is 2.20. The molecule has 0 unspecified atom stereocenters. The Balaban J connectivity index is 1.61. The molecule has 0 aliphatic carbocycles. The van der Waals surface area contributed by atoms with Gasteiger partial charge in [-0.1, -0.05) is 18.2 Å². The van der Waals surface area contributed by atoms with Crippen LogP contribution in [0.15, 0.2) is 48.5 Å². The lowest BCUT2D eigenvalue weighted by Crippen LogP contribution is -2.18. The molecule has 0 bridgehead atoms. The summed E-state index contributed by atoms with van der Waals surface area (Å²) in [5.74, 6) is 0.793. The number of anilines is 2. The largest absolute Gasteiger partial charge is 0.497 e. The zero-order chi connectivity index (χ0) is 16.1. The Morgan fingerprint density at radius 2 is 1.87 bits per heavy atom. The number of rotatable bonds is 5. The van der Waals surface area contributed by atoms with E-state index in [0.29, 0.717) is 6.42 Å². The van der Waals surface area contributed by atoms with Gasteiger partial charge >= 0.3 is 0 Å². The van der Waals surface area contributed by atoms with Crippen molar-refractivity contribution in [2.24, 2.45) is 0 Å². The maximum absolute atomic E-state index is 12.2. The van der Waals surface area contributed by atoms with Crippen molar-refractivity contribution in [3.8, 4) is 5.75 Å². The molecule has 4 nitrogen and oxygen atoms in total. The van der Waals surface area contributed by atoms with Crippen LogP contribution in [0.25, 0.3) is 0 Å². The Bertz CT molecular complexity index is 661. The summed E-state index contributed by atoms with van der Waals surface area (Å²) in [4.78, 5) is 14.6. The minimum Gasteiger partial charge on any atom is -0.497 e. The van der Waals surface area contributed by atoms with Crippen molar-refractivity contribution in [1.82, 2.24) is 0 Å². The molecule has 0 spiro atoms. The molecule has 0 aromatic heterocycles. The van der Waals surface area contributed by atoms with Crippen LogP contribution in [0.2, 0.25) is 0 Å². The Hall–Kier alpha value is -2.49. The molecule has 4 heteroatoms. The number of nitrogens with one attached hydrogen (secondary N) is 1. The smallest absolute Gasteiger partial charge is 0.228 e. The molecule has 23 heavy (non-hydrogen) atoms. The fourth-order valence-electron chi connectivity index (χ4n) is 2.89. The van der Waals surface area contributed by atoms with E-state index < -0.39 is 0 Å². The van der Waals surface area contributed by atoms with Gasteiger partial charge in [-0.3, -0.25) is 4.79 Å². The SMILES string of the molecule is COc1ccc(CC(=O)Nc2cccc(N3CCCC3)c2)cc1. The van der Waals surface area contributed by atoms with Crippen LogP contribution in [0.1, 0.15) is 18.4 Å². The van der Waals surface area contributed by atoms with E-state index in [-0.39, 0.29) is 5.91 Å². The average molecular weight is 310 g/mol. The third-order valence-electron chi connectivity index (χ3n) is 4.12. The lowest BCUT2D eigenvalue weighted by Gasteiger charge is -2.18. The normalized spacial score (nSPS) is 13.9. The second kappa shape index (κ2) is 7.18. The van der Waals surface area contributed by atoms with E-state index in [1.807, 2.05) is 36.4 Å². The first-order chi connectivity index (χ1) is 11.2. The molecule has 120 valence electrons. The Labute approximate surface area is 137 Å². The van der Waals surface area contributed by atoms with Crippen LogP contribution in [0.3, 0.4) is 0 Å². The minimum atomic E-state index is -0.00580. The summed E-state index contributed by atoms with van der Waals surface area (Å²) in [7, 11) is 1.63. The fraction of sp³-hybridized carbons (Fsp3) is 0.316. The molecule has 1 N–H and O–H groups in total. The van der Waals surface area contributed by atoms with Crippen molar-refractivity contribution in [3.05, 3.63) is 54.1 Å². The third-order valence-corrected chi connectivity index (χ3v) is 4.12. The average Bonchev–Trinajstić information content (AvgIpc) is 3.10. The van der Waals surface area contributed by atoms with Gasteiger partial charge in [0, 0.05) is 24.5 Å². The molecule has 1 heterocycles. The van der Waals surface area contributed by atoms with Gasteiger partial charge in [0.2, 0.25) is 5.91 Å². The van der Waals surface area contributed by atoms with Crippen LogP contribution < -0.4 is 15.0 Å². The van der Waals surface area contributed by atoms with E-state index in [1.54, 1.807) is 7.11 Å². The number of carbonyl (C=O) groups is 1. The van der Waals surface area contributed by atoms with Crippen molar-refractivity contribution in [2.45, 2.75) is 19.3 Å². The topological polar surface area (TPSA) is 41.6 Å². The first kappa shape index (κ1) is 15.4. The second-order valence-electron chi connectivity index (χ2n) is 5.82. The number of carbonyl (C=O) groups excluding carboxylic acids is 1. The molecule has 0 saturated carbocycles. The summed E-state index contributed by atoms with van der Waals surface area (Å²) >= 11 is 0. The molecule has 1 saturated heterocycles. The number of ether oxygens (including phenoxy) is 1. The molecule has 1 aliphatic heterocycles. The lowest BCUT2D eigenvalue weighted by molar-refractivity contribution is -0.115. The summed E-state index contributed by atoms with van der Waals surface area (Å²) in [6.07, 6.45) is 2.85. The standard InChI is InChI=1S/C19H22N2O2/c1-23-18-9-7-15(8-10-18)13-19(22)20-16-5-4-6-17(14-16)21-11-2-3-12-21/h4-10,14H,2-3,11-13H2,1H3,(H,20,22). The molecular formula is C19H22N2O2. The predicted molar refractivity (Wildman–Crippen MR) is 93.2 cm³/mol. The van der Waals surface area contributed by atoms with E-state index in [1.165, 1.54) is 18.5 Å². The van der Waals surface area contributed by atoms with Crippen molar-refractivity contribution in [3.63, 3.8) is 0 Å². The minimum absolute atomic E-state index is 0.00580. The molecule has 1 amide bonds. The number of amides is 1. The van der Waals surface area contributed by atoms with Crippen LogP contribution in [0.4, 0.5) is 11.4 Å². The van der Waals surface area contributed by atoms with Crippen LogP contribution in [-0.2, 0) is 11.2 Å². The molecule has 2 aromatic rings. The maximum atomic E-state index is 12.2. The highest BCUT2D eigenvalue weighted by Crippen LogP contribution is 2.23. The van der Waals surface area contributed by atoms with Crippen LogP contribution >= 0.6 is 0 Å². The first-order valence-corrected chi connectivity index (χ1v) is 8.02. The van der Waals surface area contributed by atoms with Gasteiger partial charge in [0.15, 0.2) is 0 Å². The Kier molecular flexibility index (Phi) is 4.81. The summed E-state index contributed by atoms with van der Waals surface area (Å²) < 4.78 is 5.13. The number of hydrogen-bond acceptors (Lipinski definition) is 3. The van der Waals surface area contributed by atoms with E-state index in [0.717, 1.165) is 30.1 Å². The molecule has 3 rings (SSSR count). The zero-order valence-electron chi connectivity index (χ0n) is 13.4. The van der Waals surface area contributed by atoms with Gasteiger partial charge in [-0.15, -0.1) is 0 Å². The van der Waals surface area contributed by atoms with Crippen LogP contribution in [0, 0.1) is 0 Å². The van der Waals surface area contributed by atoms with E-state index >= 15 is 0 Å². The quantitative estimate of drug-likeness (QED) is 0.919. The van der Waals surface area contributed by atoms with Gasteiger partial charge in [-0.05, 0) is 48.7 Å². The van der Waals surface area contributed by atoms with Crippen molar-refractivity contribution in [1.29, 1.82) is 0 Å². The number of benzene rings is 2. The van der Waals surface area contributed by atoms with Gasteiger partial charge < -0.3 is 15.0 Å². The van der Waals surface area contributed by atoms with E-state index in [2.05, 4.69) is 22.3 Å². The Morgan fingerprint density at radius 3 is 2.57 bits per heavy atom. The summed E-state index contributed by atoms with van der Waals surface area (Å²) in [5, 5.41) is 2.99. The molecule has 1 fully saturated rings. The number of hydrogen-bond donors (Lipinski definition) is 1. The number of methoxy groups -OCH3 is 1. The number of nitrogens with zero attached hydrogens (tertiary/aromatic N) is 1. The van der Waals surface area contributed by atoms with Gasteiger partial charge in [-0.25, -0.2) is 0 Å². The monoisotopic (exact) mass is 310 g/mol. The highest BCUT2D eigenvalue weighted by atomic mass is 16.5. The maximum Gasteiger partial charge on any atom is 0.228 e. The van der Waals surface area contributed by atoms with Crippen molar-refractivity contribution in [2.75, 3.05) is 30.4 Å². The zero-order valence-corrected chi connectivity index (χ0v) is 13.4.